The maximum absolute atomic E-state index is 12.4. The van der Waals surface area contributed by atoms with E-state index in [4.69, 9.17) is 0 Å². The molecule has 9 heteroatoms. The van der Waals surface area contributed by atoms with Gasteiger partial charge >= 0.3 is 6.03 Å². The van der Waals surface area contributed by atoms with Crippen molar-refractivity contribution >= 4 is 40.6 Å². The van der Waals surface area contributed by atoms with Gasteiger partial charge in [0, 0.05) is 6.54 Å². The molecule has 1 aromatic heterocycles. The molecular weight excluding hydrogens is 402 g/mol. The number of aryl methyl sites for hydroxylation is 1. The highest BCUT2D eigenvalue weighted by molar-refractivity contribution is 7.99. The molecule has 3 rings (SSSR count). The Morgan fingerprint density at radius 1 is 1.20 bits per heavy atom. The van der Waals surface area contributed by atoms with Gasteiger partial charge in [-0.05, 0) is 31.9 Å². The van der Waals surface area contributed by atoms with Crippen LogP contribution < -0.4 is 10.7 Å². The lowest BCUT2D eigenvalue weighted by molar-refractivity contribution is -0.137. The molecule has 0 saturated carbocycles. The van der Waals surface area contributed by atoms with E-state index in [1.807, 2.05) is 31.2 Å². The molecule has 1 atom stereocenters. The first kappa shape index (κ1) is 22.1. The lowest BCUT2D eigenvalue weighted by atomic mass is 10.00. The minimum Gasteiger partial charge on any atom is -0.322 e. The van der Waals surface area contributed by atoms with Gasteiger partial charge in [0.05, 0.1) is 16.8 Å². The summed E-state index contributed by atoms with van der Waals surface area (Å²) in [6.45, 7) is 6.48. The largest absolute Gasteiger partial charge is 0.344 e. The molecule has 162 valence electrons. The number of rotatable bonds is 10. The molecule has 1 aliphatic rings. The number of amides is 4. The van der Waals surface area contributed by atoms with Gasteiger partial charge < -0.3 is 9.88 Å². The van der Waals surface area contributed by atoms with Crippen molar-refractivity contribution in [1.82, 2.24) is 25.3 Å². The van der Waals surface area contributed by atoms with Gasteiger partial charge in [0.15, 0.2) is 5.16 Å². The fourth-order valence-corrected chi connectivity index (χ4v) is 4.22. The van der Waals surface area contributed by atoms with Crippen LogP contribution in [0.2, 0.25) is 0 Å². The minimum atomic E-state index is -0.982. The molecule has 2 aromatic rings. The molecule has 0 radical (unpaired) electrons. The number of hydrogen-bond donors (Lipinski definition) is 2. The highest BCUT2D eigenvalue weighted by atomic mass is 32.2. The van der Waals surface area contributed by atoms with Crippen LogP contribution in [0.3, 0.4) is 0 Å². The van der Waals surface area contributed by atoms with Crippen LogP contribution in [0.1, 0.15) is 52.9 Å². The van der Waals surface area contributed by atoms with Gasteiger partial charge in [-0.1, -0.05) is 57.0 Å². The summed E-state index contributed by atoms with van der Waals surface area (Å²) >= 11 is 1.31. The number of fused-ring (bicyclic) bond motifs is 1. The maximum atomic E-state index is 12.4. The summed E-state index contributed by atoms with van der Waals surface area (Å²) < 4.78 is 2.14. The van der Waals surface area contributed by atoms with Crippen molar-refractivity contribution < 1.29 is 14.4 Å². The Hall–Kier alpha value is -2.55. The van der Waals surface area contributed by atoms with Gasteiger partial charge in [-0.3, -0.25) is 15.0 Å². The van der Waals surface area contributed by atoms with E-state index in [1.165, 1.54) is 24.6 Å². The second-order valence-corrected chi connectivity index (χ2v) is 8.62. The fourth-order valence-electron chi connectivity index (χ4n) is 3.39. The third-order valence-electron chi connectivity index (χ3n) is 5.39. The molecule has 30 heavy (non-hydrogen) atoms. The van der Waals surface area contributed by atoms with Crippen molar-refractivity contribution in [2.75, 3.05) is 5.75 Å². The number of unbranched alkanes of at least 4 members (excludes halogenated alkanes) is 3. The van der Waals surface area contributed by atoms with Gasteiger partial charge in [-0.15, -0.1) is 0 Å². The summed E-state index contributed by atoms with van der Waals surface area (Å²) in [7, 11) is 0. The molecule has 1 aromatic carbocycles. The Morgan fingerprint density at radius 2 is 1.97 bits per heavy atom. The molecule has 1 unspecified atom stereocenters. The van der Waals surface area contributed by atoms with Crippen molar-refractivity contribution in [2.45, 2.75) is 70.1 Å². The molecule has 0 spiro atoms. The van der Waals surface area contributed by atoms with Crippen LogP contribution in [0.25, 0.3) is 11.0 Å². The molecular formula is C21H29N5O3S. The fraction of sp³-hybridized carbons (Fsp3) is 0.524. The Kier molecular flexibility index (Phi) is 7.02. The Labute approximate surface area is 180 Å². The van der Waals surface area contributed by atoms with Crippen molar-refractivity contribution in [3.05, 3.63) is 24.3 Å². The number of imide groups is 1. The van der Waals surface area contributed by atoms with Gasteiger partial charge in [0.1, 0.15) is 5.54 Å². The molecule has 1 saturated heterocycles. The standard InChI is InChI=1S/C21H29N5O3S/c1-4-6-7-10-13-25-16-12-9-8-11-15(16)22-20(25)30-14-17(27)24-26-18(28)21(3,5-2)23-19(26)29/h8-9,11-12H,4-7,10,13-14H2,1-3H3,(H,23,29)(H,24,27). The molecule has 2 N–H and O–H groups in total. The summed E-state index contributed by atoms with van der Waals surface area (Å²) in [6.07, 6.45) is 5.01. The van der Waals surface area contributed by atoms with E-state index in [-0.39, 0.29) is 5.75 Å². The quantitative estimate of drug-likeness (QED) is 0.341. The molecule has 2 heterocycles. The molecule has 0 aliphatic carbocycles. The first-order valence-corrected chi connectivity index (χ1v) is 11.4. The number of benzene rings is 1. The van der Waals surface area contributed by atoms with Gasteiger partial charge in [0.2, 0.25) is 5.91 Å². The highest BCUT2D eigenvalue weighted by Crippen LogP contribution is 2.25. The maximum Gasteiger partial charge on any atom is 0.344 e. The first-order valence-electron chi connectivity index (χ1n) is 10.4. The number of urea groups is 1. The number of thioether (sulfide) groups is 1. The highest BCUT2D eigenvalue weighted by Gasteiger charge is 2.47. The predicted molar refractivity (Wildman–Crippen MR) is 117 cm³/mol. The molecule has 0 bridgehead atoms. The van der Waals surface area contributed by atoms with Crippen molar-refractivity contribution in [2.24, 2.45) is 0 Å². The van der Waals surface area contributed by atoms with Gasteiger partial charge in [0.25, 0.3) is 5.91 Å². The SMILES string of the molecule is CCCCCCn1c(SCC(=O)NN2C(=O)NC(C)(CC)C2=O)nc2ccccc21. The molecule has 1 aliphatic heterocycles. The molecule has 1 fully saturated rings. The van der Waals surface area contributed by atoms with Crippen LogP contribution in [0.5, 0.6) is 0 Å². The average Bonchev–Trinajstić information content (AvgIpc) is 3.19. The van der Waals surface area contributed by atoms with Crippen LogP contribution >= 0.6 is 11.8 Å². The normalized spacial score (nSPS) is 18.8. The van der Waals surface area contributed by atoms with E-state index in [0.29, 0.717) is 6.42 Å². The number of hydrazine groups is 1. The summed E-state index contributed by atoms with van der Waals surface area (Å²) in [4.78, 5) is 41.6. The summed E-state index contributed by atoms with van der Waals surface area (Å²) in [6, 6.07) is 7.31. The number of aromatic nitrogens is 2. The van der Waals surface area contributed by atoms with Crippen LogP contribution in [0, 0.1) is 0 Å². The number of imidazole rings is 1. The van der Waals surface area contributed by atoms with E-state index < -0.39 is 23.4 Å². The van der Waals surface area contributed by atoms with E-state index in [0.717, 1.165) is 40.6 Å². The monoisotopic (exact) mass is 431 g/mol. The van der Waals surface area contributed by atoms with Crippen molar-refractivity contribution in [3.63, 3.8) is 0 Å². The van der Waals surface area contributed by atoms with Gasteiger partial charge in [-0.25, -0.2) is 9.78 Å². The third kappa shape index (κ3) is 4.61. The summed E-state index contributed by atoms with van der Waals surface area (Å²) in [5, 5.41) is 4.16. The zero-order valence-corrected chi connectivity index (χ0v) is 18.6. The number of hydrogen-bond acceptors (Lipinski definition) is 5. The van der Waals surface area contributed by atoms with Crippen molar-refractivity contribution in [1.29, 1.82) is 0 Å². The Balaban J connectivity index is 1.65. The Bertz CT molecular complexity index is 944. The smallest absolute Gasteiger partial charge is 0.322 e. The zero-order chi connectivity index (χ0) is 21.7. The number of carbonyl (C=O) groups excluding carboxylic acids is 3. The number of para-hydroxylation sites is 2. The van der Waals surface area contributed by atoms with Crippen LogP contribution in [-0.2, 0) is 16.1 Å². The Morgan fingerprint density at radius 3 is 2.67 bits per heavy atom. The second kappa shape index (κ2) is 9.51. The van der Waals surface area contributed by atoms with Gasteiger partial charge in [-0.2, -0.15) is 5.01 Å². The topological polar surface area (TPSA) is 96.3 Å². The summed E-state index contributed by atoms with van der Waals surface area (Å²) in [5.41, 5.74) is 3.38. The predicted octanol–water partition coefficient (Wildman–Crippen LogP) is 3.46. The molecule has 8 nitrogen and oxygen atoms in total. The average molecular weight is 432 g/mol. The van der Waals surface area contributed by atoms with Crippen molar-refractivity contribution in [3.8, 4) is 0 Å². The van der Waals surface area contributed by atoms with Crippen LogP contribution in [-0.4, -0.2) is 43.7 Å². The van der Waals surface area contributed by atoms with E-state index in [1.54, 1.807) is 6.92 Å². The van der Waals surface area contributed by atoms with E-state index in [2.05, 4.69) is 27.2 Å². The van der Waals surface area contributed by atoms with E-state index in [9.17, 15) is 14.4 Å². The van der Waals surface area contributed by atoms with Crippen LogP contribution in [0.4, 0.5) is 4.79 Å². The first-order chi connectivity index (χ1) is 14.4. The lowest BCUT2D eigenvalue weighted by Crippen LogP contribution is -2.49. The lowest BCUT2D eigenvalue weighted by Gasteiger charge is -2.19. The molecule has 4 amide bonds. The number of carbonyl (C=O) groups is 3. The minimum absolute atomic E-state index is 0.0538. The number of nitrogens with zero attached hydrogens (tertiary/aromatic N) is 3. The van der Waals surface area contributed by atoms with E-state index >= 15 is 0 Å². The van der Waals surface area contributed by atoms with Crippen LogP contribution in [0.15, 0.2) is 29.4 Å². The summed E-state index contributed by atoms with van der Waals surface area (Å²) in [5.74, 6) is -0.817. The second-order valence-electron chi connectivity index (χ2n) is 7.68. The third-order valence-corrected chi connectivity index (χ3v) is 6.37. The number of nitrogens with one attached hydrogen (secondary N) is 2. The zero-order valence-electron chi connectivity index (χ0n) is 17.7.